The molecule has 3 aromatic rings. The number of halogens is 1. The maximum Gasteiger partial charge on any atom is 0.264 e. The van der Waals surface area contributed by atoms with Gasteiger partial charge in [-0.05, 0) is 60.4 Å². The maximum absolute atomic E-state index is 13.3. The Morgan fingerprint density at radius 2 is 1.65 bits per heavy atom. The lowest BCUT2D eigenvalue weighted by Gasteiger charge is -2.24. The van der Waals surface area contributed by atoms with Crippen molar-refractivity contribution in [3.8, 4) is 0 Å². The van der Waals surface area contributed by atoms with Crippen LogP contribution < -0.4 is 9.62 Å². The standard InChI is InChI=1S/C24H25ClN2O3S/c1-17(2)19-10-12-20(13-11-19)26-24(28)16-27(21-14-9-18(3)23(25)15-21)31(29,30)22-7-5-4-6-8-22/h4-15,17H,16H2,1-3H3,(H,26,28). The molecule has 0 saturated carbocycles. The number of hydrogen-bond donors (Lipinski definition) is 1. The van der Waals surface area contributed by atoms with Crippen LogP contribution in [0.3, 0.4) is 0 Å². The molecule has 3 rings (SSSR count). The van der Waals surface area contributed by atoms with E-state index in [4.69, 9.17) is 11.6 Å². The number of nitrogens with zero attached hydrogens (tertiary/aromatic N) is 1. The van der Waals surface area contributed by atoms with Crippen LogP contribution in [0.1, 0.15) is 30.9 Å². The van der Waals surface area contributed by atoms with Crippen molar-refractivity contribution in [1.29, 1.82) is 0 Å². The van der Waals surface area contributed by atoms with Crippen LogP contribution in [0.5, 0.6) is 0 Å². The van der Waals surface area contributed by atoms with E-state index in [1.165, 1.54) is 12.1 Å². The minimum atomic E-state index is -3.98. The summed E-state index contributed by atoms with van der Waals surface area (Å²) >= 11 is 6.24. The van der Waals surface area contributed by atoms with Crippen molar-refractivity contribution in [3.05, 3.63) is 88.9 Å². The van der Waals surface area contributed by atoms with Crippen molar-refractivity contribution in [3.63, 3.8) is 0 Å². The molecule has 1 N–H and O–H groups in total. The number of aryl methyl sites for hydroxylation is 1. The van der Waals surface area contributed by atoms with Crippen LogP contribution in [0.15, 0.2) is 77.7 Å². The third-order valence-electron chi connectivity index (χ3n) is 4.92. The highest BCUT2D eigenvalue weighted by Gasteiger charge is 2.27. The Labute approximate surface area is 188 Å². The molecular formula is C24H25ClN2O3S. The molecule has 0 aliphatic carbocycles. The molecule has 0 fully saturated rings. The van der Waals surface area contributed by atoms with Gasteiger partial charge in [-0.2, -0.15) is 0 Å². The molecule has 5 nitrogen and oxygen atoms in total. The van der Waals surface area contributed by atoms with Gasteiger partial charge in [0.2, 0.25) is 5.91 Å². The molecule has 0 saturated heterocycles. The Balaban J connectivity index is 1.91. The molecule has 0 radical (unpaired) electrons. The minimum Gasteiger partial charge on any atom is -0.325 e. The van der Waals surface area contributed by atoms with Gasteiger partial charge in [-0.25, -0.2) is 8.42 Å². The highest BCUT2D eigenvalue weighted by atomic mass is 35.5. The van der Waals surface area contributed by atoms with E-state index in [0.29, 0.717) is 22.3 Å². The summed E-state index contributed by atoms with van der Waals surface area (Å²) in [5.41, 5.74) is 2.90. The molecule has 31 heavy (non-hydrogen) atoms. The van der Waals surface area contributed by atoms with E-state index in [9.17, 15) is 13.2 Å². The second-order valence-corrected chi connectivity index (χ2v) is 9.85. The number of sulfonamides is 1. The van der Waals surface area contributed by atoms with Crippen LogP contribution >= 0.6 is 11.6 Å². The van der Waals surface area contributed by atoms with E-state index < -0.39 is 15.9 Å². The number of carbonyl (C=O) groups is 1. The lowest BCUT2D eigenvalue weighted by atomic mass is 10.0. The van der Waals surface area contributed by atoms with Gasteiger partial charge in [0.15, 0.2) is 0 Å². The SMILES string of the molecule is Cc1ccc(N(CC(=O)Nc2ccc(C(C)C)cc2)S(=O)(=O)c2ccccc2)cc1Cl. The molecule has 162 valence electrons. The summed E-state index contributed by atoms with van der Waals surface area (Å²) in [7, 11) is -3.98. The highest BCUT2D eigenvalue weighted by molar-refractivity contribution is 7.92. The zero-order valence-electron chi connectivity index (χ0n) is 17.7. The quantitative estimate of drug-likeness (QED) is 0.502. The van der Waals surface area contributed by atoms with Crippen molar-refractivity contribution < 1.29 is 13.2 Å². The molecular weight excluding hydrogens is 432 g/mol. The second-order valence-electron chi connectivity index (χ2n) is 7.58. The van der Waals surface area contributed by atoms with E-state index in [0.717, 1.165) is 15.4 Å². The Morgan fingerprint density at radius 1 is 1.00 bits per heavy atom. The number of hydrogen-bond acceptors (Lipinski definition) is 3. The molecule has 1 amide bonds. The van der Waals surface area contributed by atoms with Gasteiger partial charge in [-0.15, -0.1) is 0 Å². The van der Waals surface area contributed by atoms with Gasteiger partial charge >= 0.3 is 0 Å². The van der Waals surface area contributed by atoms with Gasteiger partial charge in [-0.3, -0.25) is 9.10 Å². The van der Waals surface area contributed by atoms with Gasteiger partial charge in [0, 0.05) is 10.7 Å². The molecule has 0 spiro atoms. The number of nitrogens with one attached hydrogen (secondary N) is 1. The normalized spacial score (nSPS) is 11.4. The van der Waals surface area contributed by atoms with Crippen LogP contribution in [-0.2, 0) is 14.8 Å². The fraction of sp³-hybridized carbons (Fsp3) is 0.208. The lowest BCUT2D eigenvalue weighted by Crippen LogP contribution is -2.38. The molecule has 0 bridgehead atoms. The number of amides is 1. The number of rotatable bonds is 7. The van der Waals surface area contributed by atoms with Crippen molar-refractivity contribution >= 4 is 38.9 Å². The topological polar surface area (TPSA) is 66.5 Å². The minimum absolute atomic E-state index is 0.0979. The van der Waals surface area contributed by atoms with Crippen LogP contribution in [0.2, 0.25) is 5.02 Å². The van der Waals surface area contributed by atoms with Crippen molar-refractivity contribution in [2.24, 2.45) is 0 Å². The molecule has 3 aromatic carbocycles. The highest BCUT2D eigenvalue weighted by Crippen LogP contribution is 2.28. The van der Waals surface area contributed by atoms with Crippen LogP contribution in [0.4, 0.5) is 11.4 Å². The molecule has 7 heteroatoms. The van der Waals surface area contributed by atoms with Crippen LogP contribution in [-0.4, -0.2) is 20.9 Å². The Kier molecular flexibility index (Phi) is 7.03. The zero-order valence-corrected chi connectivity index (χ0v) is 19.2. The van der Waals surface area contributed by atoms with Crippen molar-refractivity contribution in [2.75, 3.05) is 16.2 Å². The van der Waals surface area contributed by atoms with E-state index in [1.807, 2.05) is 31.2 Å². The van der Waals surface area contributed by atoms with Gasteiger partial charge in [0.25, 0.3) is 10.0 Å². The first-order chi connectivity index (χ1) is 14.7. The van der Waals surface area contributed by atoms with E-state index >= 15 is 0 Å². The molecule has 0 atom stereocenters. The van der Waals surface area contributed by atoms with E-state index in [-0.39, 0.29) is 11.4 Å². The monoisotopic (exact) mass is 456 g/mol. The van der Waals surface area contributed by atoms with Gasteiger partial charge in [-0.1, -0.05) is 61.8 Å². The first kappa shape index (κ1) is 22.8. The zero-order chi connectivity index (χ0) is 22.6. The molecule has 0 unspecified atom stereocenters. The third-order valence-corrected chi connectivity index (χ3v) is 7.12. The van der Waals surface area contributed by atoms with Crippen LogP contribution in [0.25, 0.3) is 0 Å². The molecule has 0 aromatic heterocycles. The maximum atomic E-state index is 13.3. The third kappa shape index (κ3) is 5.46. The largest absolute Gasteiger partial charge is 0.325 e. The van der Waals surface area contributed by atoms with Crippen molar-refractivity contribution in [2.45, 2.75) is 31.6 Å². The summed E-state index contributed by atoms with van der Waals surface area (Å²) in [4.78, 5) is 12.9. The number of anilines is 2. The lowest BCUT2D eigenvalue weighted by molar-refractivity contribution is -0.114. The number of benzene rings is 3. The summed E-state index contributed by atoms with van der Waals surface area (Å²) in [5, 5.41) is 3.21. The first-order valence-electron chi connectivity index (χ1n) is 9.92. The Morgan fingerprint density at radius 3 is 2.23 bits per heavy atom. The van der Waals surface area contributed by atoms with Gasteiger partial charge in [0.05, 0.1) is 10.6 Å². The number of carbonyl (C=O) groups excluding carboxylic acids is 1. The smallest absolute Gasteiger partial charge is 0.264 e. The van der Waals surface area contributed by atoms with E-state index in [2.05, 4.69) is 19.2 Å². The summed E-state index contributed by atoms with van der Waals surface area (Å²) in [6.07, 6.45) is 0. The second kappa shape index (κ2) is 9.54. The first-order valence-corrected chi connectivity index (χ1v) is 11.7. The predicted molar refractivity (Wildman–Crippen MR) is 126 cm³/mol. The molecule has 0 aliphatic heterocycles. The predicted octanol–water partition coefficient (Wildman–Crippen LogP) is 5.61. The van der Waals surface area contributed by atoms with Gasteiger partial charge < -0.3 is 5.32 Å². The summed E-state index contributed by atoms with van der Waals surface area (Å²) in [5.74, 6) is -0.0731. The average molecular weight is 457 g/mol. The van der Waals surface area contributed by atoms with Crippen molar-refractivity contribution in [1.82, 2.24) is 0 Å². The fourth-order valence-electron chi connectivity index (χ4n) is 3.05. The molecule has 0 aliphatic rings. The molecule has 0 heterocycles. The average Bonchev–Trinajstić information content (AvgIpc) is 2.75. The fourth-order valence-corrected chi connectivity index (χ4v) is 4.66. The summed E-state index contributed by atoms with van der Waals surface area (Å²) in [6, 6.07) is 20.5. The van der Waals surface area contributed by atoms with Crippen LogP contribution in [0, 0.1) is 6.92 Å². The van der Waals surface area contributed by atoms with E-state index in [1.54, 1.807) is 36.4 Å². The van der Waals surface area contributed by atoms with Gasteiger partial charge in [0.1, 0.15) is 6.54 Å². The Bertz CT molecular complexity index is 1160. The summed E-state index contributed by atoms with van der Waals surface area (Å²) < 4.78 is 27.8. The summed E-state index contributed by atoms with van der Waals surface area (Å²) in [6.45, 7) is 5.62. The Hall–Kier alpha value is -2.83.